The number of hydrogen-bond donors (Lipinski definition) is 2. The van der Waals surface area contributed by atoms with E-state index in [1.54, 1.807) is 19.4 Å². The Morgan fingerprint density at radius 3 is 2.38 bits per heavy atom. The lowest BCUT2D eigenvalue weighted by Crippen LogP contribution is -2.51. The summed E-state index contributed by atoms with van der Waals surface area (Å²) in [4.78, 5) is 33.0. The number of piperazine rings is 1. The zero-order chi connectivity index (χ0) is 36.5. The number of fused-ring (bicyclic) bond motifs is 1. The van der Waals surface area contributed by atoms with Gasteiger partial charge in [-0.3, -0.25) is 9.69 Å². The fourth-order valence-corrected chi connectivity index (χ4v) is 8.38. The van der Waals surface area contributed by atoms with Crippen LogP contribution in [0.4, 0.5) is 11.5 Å². The number of anilines is 2. The van der Waals surface area contributed by atoms with Gasteiger partial charge in [-0.1, -0.05) is 91.0 Å². The number of pyridine rings is 1. The highest BCUT2D eigenvalue weighted by Crippen LogP contribution is 2.42. The molecule has 3 aromatic heterocycles. The molecule has 8 rings (SSSR count). The number of amides is 1. The number of ether oxygens (including phenoxy) is 1. The molecular weight excluding hydrogens is 705 g/mol. The number of rotatable bonds is 9. The number of nitrogens with one attached hydrogen (secondary N) is 2. The maximum Gasteiger partial charge on any atom is 0.273 e. The summed E-state index contributed by atoms with van der Waals surface area (Å²) < 4.78 is 7.98. The minimum Gasteiger partial charge on any atom is -0.494 e. The van der Waals surface area contributed by atoms with Crippen LogP contribution in [0.2, 0.25) is 10.0 Å². The lowest BCUT2D eigenvalue weighted by Gasteiger charge is -2.41. The predicted octanol–water partition coefficient (Wildman–Crippen LogP) is 9.73. The molecule has 2 aliphatic rings. The maximum absolute atomic E-state index is 14.9. The molecule has 11 heteroatoms. The largest absolute Gasteiger partial charge is 0.494 e. The molecule has 1 unspecified atom stereocenters. The summed E-state index contributed by atoms with van der Waals surface area (Å²) in [5.41, 5.74) is 5.92. The van der Waals surface area contributed by atoms with Crippen LogP contribution in [0, 0.1) is 0 Å². The van der Waals surface area contributed by atoms with E-state index in [4.69, 9.17) is 37.9 Å². The third kappa shape index (κ3) is 7.01. The van der Waals surface area contributed by atoms with Crippen LogP contribution >= 0.6 is 23.2 Å². The molecule has 1 amide bonds. The second-order valence-electron chi connectivity index (χ2n) is 14.0. The van der Waals surface area contributed by atoms with Crippen molar-refractivity contribution in [2.45, 2.75) is 51.1 Å². The van der Waals surface area contributed by atoms with Crippen molar-refractivity contribution in [1.82, 2.24) is 24.4 Å². The molecule has 0 bridgehead atoms. The van der Waals surface area contributed by atoms with Crippen LogP contribution in [-0.4, -0.2) is 69.7 Å². The van der Waals surface area contributed by atoms with Crippen molar-refractivity contribution in [2.24, 2.45) is 0 Å². The summed E-state index contributed by atoms with van der Waals surface area (Å²) in [6.45, 7) is 5.68. The molecule has 1 aliphatic heterocycles. The number of aromatic amines is 1. The Kier molecular flexibility index (Phi) is 10.1. The predicted molar refractivity (Wildman–Crippen MR) is 215 cm³/mol. The molecule has 2 N–H and O–H groups in total. The van der Waals surface area contributed by atoms with E-state index < -0.39 is 0 Å². The molecule has 1 atom stereocenters. The second-order valence-corrected chi connectivity index (χ2v) is 14.9. The van der Waals surface area contributed by atoms with Crippen molar-refractivity contribution in [3.8, 4) is 28.3 Å². The van der Waals surface area contributed by atoms with Crippen LogP contribution in [0.3, 0.4) is 0 Å². The first-order chi connectivity index (χ1) is 25.9. The molecule has 2 fully saturated rings. The third-order valence-electron chi connectivity index (χ3n) is 10.9. The van der Waals surface area contributed by atoms with Gasteiger partial charge in [0.25, 0.3) is 5.91 Å². The van der Waals surface area contributed by atoms with Gasteiger partial charge in [-0.15, -0.1) is 0 Å². The van der Waals surface area contributed by atoms with Gasteiger partial charge in [0.2, 0.25) is 0 Å². The zero-order valence-corrected chi connectivity index (χ0v) is 31.5. The average molecular weight is 749 g/mol. The van der Waals surface area contributed by atoms with E-state index in [0.29, 0.717) is 39.0 Å². The normalized spacial score (nSPS) is 16.2. The van der Waals surface area contributed by atoms with Gasteiger partial charge < -0.3 is 24.5 Å². The van der Waals surface area contributed by atoms with Crippen molar-refractivity contribution in [3.63, 3.8) is 0 Å². The highest BCUT2D eigenvalue weighted by molar-refractivity contribution is 6.31. The standard InChI is InChI=1S/C42H43Cl2N7O2/c1-27(28-13-15-30(43)16-14-28)51-26-46-37(29-9-5-3-6-10-29)40(51)36-33-18-17-31(44)25-34(33)47-39(36)42(52)48-38-35(53-2)19-20-45-41(38)50-23-21-49(22-24-50)32-11-7-4-8-12-32/h3,5-6,9-10,13-20,25-27,32,47H,4,7-8,11-12,21-24H2,1-2H3,(H,48,52). The van der Waals surface area contributed by atoms with Gasteiger partial charge in [0.15, 0.2) is 5.82 Å². The minimum atomic E-state index is -0.327. The third-order valence-corrected chi connectivity index (χ3v) is 11.4. The van der Waals surface area contributed by atoms with Gasteiger partial charge in [0, 0.05) is 76.6 Å². The highest BCUT2D eigenvalue weighted by Gasteiger charge is 2.31. The topological polar surface area (TPSA) is 91.3 Å². The Morgan fingerprint density at radius 1 is 0.906 bits per heavy atom. The molecule has 1 aliphatic carbocycles. The Hall–Kier alpha value is -4.83. The van der Waals surface area contributed by atoms with E-state index >= 15 is 0 Å². The van der Waals surface area contributed by atoms with Crippen LogP contribution in [0.5, 0.6) is 5.75 Å². The molecule has 9 nitrogen and oxygen atoms in total. The van der Waals surface area contributed by atoms with Crippen molar-refractivity contribution >= 4 is 51.5 Å². The number of methoxy groups -OCH3 is 1. The monoisotopic (exact) mass is 747 g/mol. The molecule has 0 spiro atoms. The van der Waals surface area contributed by atoms with E-state index in [0.717, 1.165) is 65.2 Å². The summed E-state index contributed by atoms with van der Waals surface area (Å²) in [6, 6.07) is 25.8. The quantitative estimate of drug-likeness (QED) is 0.153. The molecule has 6 aromatic rings. The van der Waals surface area contributed by atoms with Crippen LogP contribution in [0.25, 0.3) is 33.4 Å². The van der Waals surface area contributed by atoms with Gasteiger partial charge in [0.1, 0.15) is 17.1 Å². The number of halogens is 2. The number of aromatic nitrogens is 4. The van der Waals surface area contributed by atoms with Crippen LogP contribution in [0.15, 0.2) is 91.4 Å². The van der Waals surface area contributed by atoms with Crippen LogP contribution in [0.1, 0.15) is 61.1 Å². The maximum atomic E-state index is 14.9. The summed E-state index contributed by atoms with van der Waals surface area (Å²) in [7, 11) is 1.62. The molecule has 53 heavy (non-hydrogen) atoms. The first-order valence-corrected chi connectivity index (χ1v) is 19.2. The Labute approximate surface area is 319 Å². The van der Waals surface area contributed by atoms with Crippen molar-refractivity contribution in [3.05, 3.63) is 113 Å². The zero-order valence-electron chi connectivity index (χ0n) is 30.0. The summed E-state index contributed by atoms with van der Waals surface area (Å²) in [6.07, 6.45) is 10.1. The molecule has 4 heterocycles. The van der Waals surface area contributed by atoms with Gasteiger partial charge in [0.05, 0.1) is 30.9 Å². The molecule has 3 aromatic carbocycles. The van der Waals surface area contributed by atoms with Gasteiger partial charge >= 0.3 is 0 Å². The lowest BCUT2D eigenvalue weighted by molar-refractivity contribution is 0.102. The number of nitrogens with zero attached hydrogens (tertiary/aromatic N) is 5. The highest BCUT2D eigenvalue weighted by atomic mass is 35.5. The number of carbonyl (C=O) groups is 1. The average Bonchev–Trinajstić information content (AvgIpc) is 3.80. The lowest BCUT2D eigenvalue weighted by atomic mass is 9.94. The van der Waals surface area contributed by atoms with Crippen LogP contribution < -0.4 is 15.0 Å². The van der Waals surface area contributed by atoms with Crippen molar-refractivity contribution in [1.29, 1.82) is 0 Å². The minimum absolute atomic E-state index is 0.141. The van der Waals surface area contributed by atoms with E-state index in [1.165, 1.54) is 32.1 Å². The number of imidazole rings is 1. The number of hydrogen-bond acceptors (Lipinski definition) is 6. The number of benzene rings is 3. The SMILES string of the molecule is COc1ccnc(N2CCN(C3CCCCC3)CC2)c1NC(=O)c1[nH]c2cc(Cl)ccc2c1-c1c(-c2ccccc2)ncn1C(C)c1ccc(Cl)cc1. The summed E-state index contributed by atoms with van der Waals surface area (Å²) >= 11 is 12.8. The Bertz CT molecular complexity index is 2220. The first-order valence-electron chi connectivity index (χ1n) is 18.4. The second kappa shape index (κ2) is 15.3. The molecule has 1 saturated heterocycles. The van der Waals surface area contributed by atoms with E-state index in [9.17, 15) is 4.79 Å². The van der Waals surface area contributed by atoms with E-state index in [2.05, 4.69) is 31.6 Å². The molecule has 0 radical (unpaired) electrons. The van der Waals surface area contributed by atoms with Crippen LogP contribution in [-0.2, 0) is 0 Å². The molecule has 272 valence electrons. The van der Waals surface area contributed by atoms with E-state index in [-0.39, 0.29) is 11.9 Å². The summed E-state index contributed by atoms with van der Waals surface area (Å²) in [5, 5.41) is 5.33. The Balaban J connectivity index is 1.21. The first kappa shape index (κ1) is 35.2. The fourth-order valence-electron chi connectivity index (χ4n) is 8.08. The van der Waals surface area contributed by atoms with E-state index in [1.807, 2.05) is 79.1 Å². The fraction of sp³-hybridized carbons (Fsp3) is 0.310. The smallest absolute Gasteiger partial charge is 0.273 e. The van der Waals surface area contributed by atoms with Crippen molar-refractivity contribution < 1.29 is 9.53 Å². The van der Waals surface area contributed by atoms with Gasteiger partial charge in [-0.25, -0.2) is 9.97 Å². The Morgan fingerprint density at radius 2 is 1.64 bits per heavy atom. The van der Waals surface area contributed by atoms with Gasteiger partial charge in [-0.2, -0.15) is 0 Å². The summed E-state index contributed by atoms with van der Waals surface area (Å²) in [5.74, 6) is 0.921. The van der Waals surface area contributed by atoms with Crippen molar-refractivity contribution in [2.75, 3.05) is 43.5 Å². The number of H-pyrrole nitrogens is 1. The molecule has 1 saturated carbocycles. The molecular formula is C42H43Cl2N7O2. The van der Waals surface area contributed by atoms with Gasteiger partial charge in [-0.05, 0) is 49.6 Å². The number of carbonyl (C=O) groups excluding carboxylic acids is 1.